The van der Waals surface area contributed by atoms with Gasteiger partial charge in [0.05, 0.1) is 0 Å². The zero-order valence-corrected chi connectivity index (χ0v) is 21.2. The minimum Gasteiger partial charge on any atom is -0.347 e. The lowest BCUT2D eigenvalue weighted by Gasteiger charge is -2.39. The summed E-state index contributed by atoms with van der Waals surface area (Å²) in [5.74, 6) is 1.48. The standard InChI is InChI=1S/C26H34ClN5OS/c1-31-15-11-19(12-16-31)20-13-17-32(18-14-20)30-25(33)24(21-5-3-2-4-6-21)29-26(34)28-23-9-7-22(27)8-10-23/h2-10,19-20,24H,11-18H2,1H3,(H,30,33)(H2,28,29,34). The lowest BCUT2D eigenvalue weighted by molar-refractivity contribution is -0.128. The van der Waals surface area contributed by atoms with Crippen LogP contribution in [0.2, 0.25) is 5.02 Å². The van der Waals surface area contributed by atoms with Crippen LogP contribution in [-0.4, -0.2) is 54.2 Å². The van der Waals surface area contributed by atoms with Crippen molar-refractivity contribution in [1.29, 1.82) is 0 Å². The molecule has 2 aromatic rings. The second-order valence-corrected chi connectivity index (χ2v) is 10.2. The number of hydrogen-bond acceptors (Lipinski definition) is 4. The number of nitrogens with zero attached hydrogens (tertiary/aromatic N) is 2. The van der Waals surface area contributed by atoms with Crippen molar-refractivity contribution in [2.75, 3.05) is 38.5 Å². The second-order valence-electron chi connectivity index (χ2n) is 9.39. The molecule has 0 spiro atoms. The first-order valence-corrected chi connectivity index (χ1v) is 12.9. The van der Waals surface area contributed by atoms with E-state index in [0.717, 1.165) is 49.0 Å². The molecule has 0 aromatic heterocycles. The van der Waals surface area contributed by atoms with E-state index >= 15 is 0 Å². The average molecular weight is 500 g/mol. The van der Waals surface area contributed by atoms with Gasteiger partial charge in [0.15, 0.2) is 5.11 Å². The topological polar surface area (TPSA) is 59.6 Å². The summed E-state index contributed by atoms with van der Waals surface area (Å²) in [5.41, 5.74) is 4.82. The number of carbonyl (C=O) groups is 1. The number of anilines is 1. The normalized spacial score (nSPS) is 19.4. The van der Waals surface area contributed by atoms with Gasteiger partial charge in [-0.1, -0.05) is 41.9 Å². The number of carbonyl (C=O) groups excluding carboxylic acids is 1. The Hall–Kier alpha value is -2.19. The number of nitrogens with one attached hydrogen (secondary N) is 3. The highest BCUT2D eigenvalue weighted by molar-refractivity contribution is 7.80. The van der Waals surface area contributed by atoms with Crippen molar-refractivity contribution in [1.82, 2.24) is 20.7 Å². The van der Waals surface area contributed by atoms with Gasteiger partial charge in [-0.15, -0.1) is 0 Å². The van der Waals surface area contributed by atoms with Crippen LogP contribution >= 0.6 is 23.8 Å². The van der Waals surface area contributed by atoms with Crippen molar-refractivity contribution in [3.05, 3.63) is 65.2 Å². The van der Waals surface area contributed by atoms with Crippen molar-refractivity contribution in [3.63, 3.8) is 0 Å². The van der Waals surface area contributed by atoms with Gasteiger partial charge >= 0.3 is 0 Å². The van der Waals surface area contributed by atoms with Crippen LogP contribution in [0.5, 0.6) is 0 Å². The van der Waals surface area contributed by atoms with Gasteiger partial charge in [0.2, 0.25) is 0 Å². The molecule has 1 amide bonds. The van der Waals surface area contributed by atoms with Crippen molar-refractivity contribution in [3.8, 4) is 0 Å². The number of halogens is 1. The van der Waals surface area contributed by atoms with Crippen LogP contribution in [0.4, 0.5) is 5.69 Å². The molecule has 2 saturated heterocycles. The molecule has 4 rings (SSSR count). The Labute approximate surface area is 213 Å². The fourth-order valence-corrected chi connectivity index (χ4v) is 5.34. The van der Waals surface area contributed by atoms with Crippen molar-refractivity contribution in [2.24, 2.45) is 11.8 Å². The number of hydrogen-bond donors (Lipinski definition) is 3. The summed E-state index contributed by atoms with van der Waals surface area (Å²) in [7, 11) is 2.21. The summed E-state index contributed by atoms with van der Waals surface area (Å²) in [6.07, 6.45) is 4.86. The third-order valence-corrected chi connectivity index (χ3v) is 7.48. The number of piperidine rings is 2. The monoisotopic (exact) mass is 499 g/mol. The minimum atomic E-state index is -0.597. The van der Waals surface area contributed by atoms with Crippen LogP contribution in [0, 0.1) is 11.8 Å². The Bertz CT molecular complexity index is 941. The minimum absolute atomic E-state index is 0.107. The molecule has 0 aliphatic carbocycles. The van der Waals surface area contributed by atoms with E-state index in [1.54, 1.807) is 12.1 Å². The molecule has 1 atom stereocenters. The summed E-state index contributed by atoms with van der Waals surface area (Å²) in [4.78, 5) is 15.8. The van der Waals surface area contributed by atoms with E-state index in [0.29, 0.717) is 10.1 Å². The predicted octanol–water partition coefficient (Wildman–Crippen LogP) is 4.45. The summed E-state index contributed by atoms with van der Waals surface area (Å²) >= 11 is 11.5. The van der Waals surface area contributed by atoms with Gasteiger partial charge in [-0.2, -0.15) is 0 Å². The highest BCUT2D eigenvalue weighted by Gasteiger charge is 2.30. The Morgan fingerprint density at radius 2 is 1.53 bits per heavy atom. The number of thiocarbonyl (C=S) groups is 1. The van der Waals surface area contributed by atoms with Crippen LogP contribution in [0.25, 0.3) is 0 Å². The Balaban J connectivity index is 1.33. The Morgan fingerprint density at radius 3 is 2.15 bits per heavy atom. The van der Waals surface area contributed by atoms with E-state index < -0.39 is 6.04 Å². The number of hydrazine groups is 1. The first-order valence-electron chi connectivity index (χ1n) is 12.1. The lowest BCUT2D eigenvalue weighted by atomic mass is 9.79. The number of likely N-dealkylation sites (tertiary alicyclic amines) is 1. The van der Waals surface area contributed by atoms with Crippen LogP contribution in [-0.2, 0) is 4.79 Å². The van der Waals surface area contributed by atoms with Crippen LogP contribution in [0.15, 0.2) is 54.6 Å². The Morgan fingerprint density at radius 1 is 0.941 bits per heavy atom. The van der Waals surface area contributed by atoms with Crippen molar-refractivity contribution >= 4 is 40.5 Å². The van der Waals surface area contributed by atoms with Gasteiger partial charge in [0.25, 0.3) is 5.91 Å². The smallest absolute Gasteiger partial charge is 0.261 e. The first kappa shape index (κ1) is 24.9. The molecule has 3 N–H and O–H groups in total. The highest BCUT2D eigenvalue weighted by atomic mass is 35.5. The molecule has 2 fully saturated rings. The summed E-state index contributed by atoms with van der Waals surface area (Å²) in [6.45, 7) is 4.18. The summed E-state index contributed by atoms with van der Waals surface area (Å²) in [5, 5.41) is 9.44. The lowest BCUT2D eigenvalue weighted by Crippen LogP contribution is -2.52. The molecule has 0 bridgehead atoms. The van der Waals surface area contributed by atoms with Crippen LogP contribution in [0.3, 0.4) is 0 Å². The molecule has 6 nitrogen and oxygen atoms in total. The molecule has 8 heteroatoms. The molecule has 182 valence electrons. The van der Waals surface area contributed by atoms with E-state index in [4.69, 9.17) is 23.8 Å². The fourth-order valence-electron chi connectivity index (χ4n) is 4.98. The van der Waals surface area contributed by atoms with Gasteiger partial charge in [-0.05, 0) is 99.7 Å². The maximum absolute atomic E-state index is 13.3. The molecule has 0 radical (unpaired) electrons. The third-order valence-electron chi connectivity index (χ3n) is 7.01. The molecule has 2 heterocycles. The van der Waals surface area contributed by atoms with Crippen molar-refractivity contribution in [2.45, 2.75) is 31.7 Å². The van der Waals surface area contributed by atoms with Gasteiger partial charge in [0, 0.05) is 23.8 Å². The molecule has 2 aliphatic rings. The SMILES string of the molecule is CN1CCC(C2CCN(NC(=O)C(NC(=S)Nc3ccc(Cl)cc3)c3ccccc3)CC2)CC1. The fraction of sp³-hybridized carbons (Fsp3) is 0.462. The van der Waals surface area contributed by atoms with Gasteiger partial charge in [-0.25, -0.2) is 5.01 Å². The first-order chi connectivity index (χ1) is 16.5. The molecular formula is C26H34ClN5OS. The van der Waals surface area contributed by atoms with Crippen LogP contribution < -0.4 is 16.1 Å². The average Bonchev–Trinajstić information content (AvgIpc) is 2.85. The van der Waals surface area contributed by atoms with E-state index in [-0.39, 0.29) is 5.91 Å². The van der Waals surface area contributed by atoms with Gasteiger partial charge < -0.3 is 15.5 Å². The van der Waals surface area contributed by atoms with E-state index in [2.05, 4.69) is 33.0 Å². The van der Waals surface area contributed by atoms with E-state index in [1.807, 2.05) is 42.5 Å². The largest absolute Gasteiger partial charge is 0.347 e. The Kier molecular flexibility index (Phi) is 8.78. The maximum atomic E-state index is 13.3. The third kappa shape index (κ3) is 6.92. The summed E-state index contributed by atoms with van der Waals surface area (Å²) in [6, 6.07) is 16.4. The summed E-state index contributed by atoms with van der Waals surface area (Å²) < 4.78 is 0. The van der Waals surface area contributed by atoms with Gasteiger partial charge in [0.1, 0.15) is 6.04 Å². The zero-order valence-electron chi connectivity index (χ0n) is 19.7. The number of benzene rings is 2. The molecule has 34 heavy (non-hydrogen) atoms. The predicted molar refractivity (Wildman–Crippen MR) is 143 cm³/mol. The van der Waals surface area contributed by atoms with Gasteiger partial charge in [-0.3, -0.25) is 10.2 Å². The number of amides is 1. The zero-order chi connectivity index (χ0) is 23.9. The molecule has 0 saturated carbocycles. The van der Waals surface area contributed by atoms with Crippen LogP contribution in [0.1, 0.15) is 37.3 Å². The highest BCUT2D eigenvalue weighted by Crippen LogP contribution is 2.31. The van der Waals surface area contributed by atoms with E-state index in [9.17, 15) is 4.79 Å². The van der Waals surface area contributed by atoms with E-state index in [1.165, 1.54) is 25.9 Å². The number of rotatable bonds is 6. The quantitative estimate of drug-likeness (QED) is 0.510. The molecule has 2 aromatic carbocycles. The molecular weight excluding hydrogens is 466 g/mol. The maximum Gasteiger partial charge on any atom is 0.261 e. The van der Waals surface area contributed by atoms with Crippen molar-refractivity contribution < 1.29 is 4.79 Å². The molecule has 1 unspecified atom stereocenters. The second kappa shape index (κ2) is 12.0. The molecule has 2 aliphatic heterocycles.